The Labute approximate surface area is 136 Å². The van der Waals surface area contributed by atoms with Gasteiger partial charge in [0.05, 0.1) is 30.4 Å². The molecule has 0 aliphatic carbocycles. The molecule has 1 aliphatic rings. The van der Waals surface area contributed by atoms with E-state index in [1.807, 2.05) is 17.5 Å². The number of nitrogens with zero attached hydrogens (tertiary/aromatic N) is 1. The molecule has 0 radical (unpaired) electrons. The van der Waals surface area contributed by atoms with Crippen molar-refractivity contribution in [3.63, 3.8) is 0 Å². The molecule has 0 fully saturated rings. The Morgan fingerprint density at radius 2 is 1.78 bits per heavy atom. The summed E-state index contributed by atoms with van der Waals surface area (Å²) in [6, 6.07) is 10.3. The lowest BCUT2D eigenvalue weighted by atomic mass is 10.1. The van der Waals surface area contributed by atoms with Crippen LogP contribution in [0.2, 0.25) is 0 Å². The van der Waals surface area contributed by atoms with Gasteiger partial charge < -0.3 is 4.74 Å². The number of hydrogen-bond acceptors (Lipinski definition) is 5. The molecule has 23 heavy (non-hydrogen) atoms. The molecular weight excluding hydrogens is 314 g/mol. The van der Waals surface area contributed by atoms with E-state index in [1.54, 1.807) is 30.3 Å². The average molecular weight is 327 g/mol. The van der Waals surface area contributed by atoms with Crippen molar-refractivity contribution < 1.29 is 19.1 Å². The van der Waals surface area contributed by atoms with Crippen molar-refractivity contribution in [1.82, 2.24) is 4.90 Å². The molecule has 3 rings (SSSR count). The quantitative estimate of drug-likeness (QED) is 0.492. The molecule has 0 atom stereocenters. The lowest BCUT2D eigenvalue weighted by Gasteiger charge is -2.15. The van der Waals surface area contributed by atoms with Crippen LogP contribution in [0.1, 0.15) is 25.6 Å². The highest BCUT2D eigenvalue weighted by atomic mass is 32.1. The highest BCUT2D eigenvalue weighted by Crippen LogP contribution is 2.24. The first-order valence-electron chi connectivity index (χ1n) is 6.89. The fraction of sp³-hybridized carbons (Fsp3) is 0.118. The van der Waals surface area contributed by atoms with E-state index in [4.69, 9.17) is 4.74 Å². The van der Waals surface area contributed by atoms with Gasteiger partial charge in [0.1, 0.15) is 0 Å². The molecule has 2 heterocycles. The number of imide groups is 1. The van der Waals surface area contributed by atoms with Crippen LogP contribution in [-0.2, 0) is 9.53 Å². The molecule has 0 spiro atoms. The Balaban J connectivity index is 1.91. The van der Waals surface area contributed by atoms with Crippen LogP contribution < -0.4 is 0 Å². The highest BCUT2D eigenvalue weighted by molar-refractivity contribution is 7.10. The van der Waals surface area contributed by atoms with Crippen molar-refractivity contribution in [1.29, 1.82) is 0 Å². The van der Waals surface area contributed by atoms with Gasteiger partial charge in [-0.3, -0.25) is 14.5 Å². The predicted octanol–water partition coefficient (Wildman–Crippen LogP) is 2.60. The normalized spacial score (nSPS) is 14.1. The first-order chi connectivity index (χ1) is 11.1. The first-order valence-corrected chi connectivity index (χ1v) is 7.77. The van der Waals surface area contributed by atoms with Gasteiger partial charge in [-0.15, -0.1) is 11.3 Å². The third-order valence-electron chi connectivity index (χ3n) is 3.51. The zero-order chi connectivity index (χ0) is 16.4. The number of hydrogen-bond donors (Lipinski definition) is 0. The number of thiophene rings is 1. The van der Waals surface area contributed by atoms with E-state index in [1.165, 1.54) is 18.4 Å². The van der Waals surface area contributed by atoms with Crippen LogP contribution in [0.4, 0.5) is 0 Å². The highest BCUT2D eigenvalue weighted by Gasteiger charge is 2.36. The third kappa shape index (κ3) is 2.80. The maximum absolute atomic E-state index is 12.4. The predicted molar refractivity (Wildman–Crippen MR) is 86.1 cm³/mol. The third-order valence-corrected chi connectivity index (χ3v) is 4.33. The number of rotatable bonds is 4. The Hall–Kier alpha value is -2.73. The van der Waals surface area contributed by atoms with Gasteiger partial charge in [0, 0.05) is 4.88 Å². The molecule has 2 amide bonds. The van der Waals surface area contributed by atoms with Crippen molar-refractivity contribution >= 4 is 35.2 Å². The van der Waals surface area contributed by atoms with Gasteiger partial charge >= 0.3 is 5.97 Å². The van der Waals surface area contributed by atoms with E-state index < -0.39 is 17.8 Å². The minimum absolute atomic E-state index is 0.114. The summed E-state index contributed by atoms with van der Waals surface area (Å²) in [4.78, 5) is 38.7. The van der Waals surface area contributed by atoms with Crippen LogP contribution in [-0.4, -0.2) is 36.3 Å². The number of carbonyl (C=O) groups excluding carboxylic acids is 3. The molecule has 0 saturated carbocycles. The second-order valence-corrected chi connectivity index (χ2v) is 5.90. The van der Waals surface area contributed by atoms with Crippen LogP contribution >= 0.6 is 11.3 Å². The molecule has 1 aromatic carbocycles. The average Bonchev–Trinajstić information content (AvgIpc) is 3.16. The molecule has 1 aromatic heterocycles. The molecule has 0 unspecified atom stereocenters. The first kappa shape index (κ1) is 15.2. The molecule has 1 aliphatic heterocycles. The Bertz CT molecular complexity index is 773. The van der Waals surface area contributed by atoms with E-state index in [0.29, 0.717) is 11.1 Å². The minimum Gasteiger partial charge on any atom is -0.466 e. The van der Waals surface area contributed by atoms with Crippen LogP contribution in [0, 0.1) is 0 Å². The molecule has 0 N–H and O–H groups in total. The number of fused-ring (bicyclic) bond motifs is 1. The van der Waals surface area contributed by atoms with Crippen LogP contribution in [0.25, 0.3) is 6.08 Å². The van der Waals surface area contributed by atoms with E-state index >= 15 is 0 Å². The van der Waals surface area contributed by atoms with Crippen molar-refractivity contribution in [2.75, 3.05) is 13.7 Å². The van der Waals surface area contributed by atoms with E-state index in [9.17, 15) is 14.4 Å². The lowest BCUT2D eigenvalue weighted by Crippen LogP contribution is -2.33. The van der Waals surface area contributed by atoms with Gasteiger partial charge in [0.25, 0.3) is 11.8 Å². The van der Waals surface area contributed by atoms with Gasteiger partial charge in [-0.05, 0) is 29.7 Å². The zero-order valence-electron chi connectivity index (χ0n) is 12.3. The number of ether oxygens (including phenoxy) is 1. The number of methoxy groups -OCH3 is 1. The fourth-order valence-electron chi connectivity index (χ4n) is 2.40. The summed E-state index contributed by atoms with van der Waals surface area (Å²) >= 11 is 1.45. The van der Waals surface area contributed by atoms with Gasteiger partial charge in [0.15, 0.2) is 0 Å². The molecular formula is C17H13NO4S. The molecule has 6 heteroatoms. The van der Waals surface area contributed by atoms with Gasteiger partial charge in [-0.2, -0.15) is 0 Å². The summed E-state index contributed by atoms with van der Waals surface area (Å²) in [6.45, 7) is -0.114. The fourth-order valence-corrected chi connectivity index (χ4v) is 3.08. The number of esters is 1. The summed E-state index contributed by atoms with van der Waals surface area (Å²) in [5.41, 5.74) is 0.972. The molecule has 116 valence electrons. The maximum Gasteiger partial charge on any atom is 0.335 e. The summed E-state index contributed by atoms with van der Waals surface area (Å²) < 4.78 is 4.77. The Morgan fingerprint density at radius 1 is 1.13 bits per heavy atom. The van der Waals surface area contributed by atoms with Crippen LogP contribution in [0.15, 0.2) is 47.4 Å². The lowest BCUT2D eigenvalue weighted by molar-refractivity contribution is -0.136. The van der Waals surface area contributed by atoms with Crippen molar-refractivity contribution in [2.24, 2.45) is 0 Å². The Morgan fingerprint density at radius 3 is 2.30 bits per heavy atom. The standard InChI is InChI=1S/C17H13NO4S/c1-22-17(21)11(9-12-5-4-8-23-12)10-18-15(19)13-6-2-3-7-14(13)16(18)20/h2-9H,10H2,1H3/b11-9-. The number of benzene rings is 1. The van der Waals surface area contributed by atoms with E-state index in [0.717, 1.165) is 9.78 Å². The van der Waals surface area contributed by atoms with Crippen molar-refractivity contribution in [3.05, 3.63) is 63.4 Å². The second kappa shape index (κ2) is 6.18. The van der Waals surface area contributed by atoms with Gasteiger partial charge in [0.2, 0.25) is 0 Å². The van der Waals surface area contributed by atoms with Crippen molar-refractivity contribution in [2.45, 2.75) is 0 Å². The topological polar surface area (TPSA) is 63.7 Å². The van der Waals surface area contributed by atoms with Gasteiger partial charge in [-0.1, -0.05) is 18.2 Å². The summed E-state index contributed by atoms with van der Waals surface area (Å²) in [5, 5.41) is 1.88. The SMILES string of the molecule is COC(=O)/C(=C\c1cccs1)CN1C(=O)c2ccccc2C1=O. The van der Waals surface area contributed by atoms with E-state index in [-0.39, 0.29) is 12.1 Å². The number of carbonyl (C=O) groups is 3. The summed E-state index contributed by atoms with van der Waals surface area (Å²) in [5.74, 6) is -1.35. The largest absolute Gasteiger partial charge is 0.466 e. The number of amides is 2. The monoisotopic (exact) mass is 327 g/mol. The van der Waals surface area contributed by atoms with Gasteiger partial charge in [-0.25, -0.2) is 4.79 Å². The summed E-state index contributed by atoms with van der Waals surface area (Å²) in [6.07, 6.45) is 1.64. The minimum atomic E-state index is -0.560. The zero-order valence-corrected chi connectivity index (χ0v) is 13.1. The smallest absolute Gasteiger partial charge is 0.335 e. The van der Waals surface area contributed by atoms with Crippen LogP contribution in [0.3, 0.4) is 0 Å². The maximum atomic E-state index is 12.4. The molecule has 0 saturated heterocycles. The van der Waals surface area contributed by atoms with E-state index in [2.05, 4.69) is 0 Å². The van der Waals surface area contributed by atoms with Crippen molar-refractivity contribution in [3.8, 4) is 0 Å². The molecule has 5 nitrogen and oxygen atoms in total. The summed E-state index contributed by atoms with van der Waals surface area (Å²) in [7, 11) is 1.27. The second-order valence-electron chi connectivity index (χ2n) is 4.92. The van der Waals surface area contributed by atoms with Crippen LogP contribution in [0.5, 0.6) is 0 Å². The molecule has 0 bridgehead atoms. The Kier molecular flexibility index (Phi) is 4.08. The molecule has 2 aromatic rings.